The van der Waals surface area contributed by atoms with Crippen molar-refractivity contribution in [3.05, 3.63) is 24.3 Å². The second kappa shape index (κ2) is 5.25. The molecule has 1 N–H and O–H groups in total. The number of likely N-dealkylation sites (tertiary alicyclic amines) is 1. The number of benzene rings is 1. The van der Waals surface area contributed by atoms with Crippen molar-refractivity contribution in [3.8, 4) is 0 Å². The summed E-state index contributed by atoms with van der Waals surface area (Å²) in [5.74, 6) is -0.125. The number of carbonyl (C=O) groups excluding carboxylic acids is 2. The molecule has 5 nitrogen and oxygen atoms in total. The van der Waals surface area contributed by atoms with Gasteiger partial charge in [-0.2, -0.15) is 0 Å². The number of amides is 2. The summed E-state index contributed by atoms with van der Waals surface area (Å²) in [6.45, 7) is 4.11. The fourth-order valence-electron chi connectivity index (χ4n) is 2.91. The van der Waals surface area contributed by atoms with E-state index in [-0.39, 0.29) is 11.8 Å². The number of nitrogens with zero attached hydrogens (tertiary/aromatic N) is 2. The van der Waals surface area contributed by atoms with E-state index in [1.54, 1.807) is 11.8 Å². The molecular formula is C15H19N3O2. The van der Waals surface area contributed by atoms with Gasteiger partial charge in [0, 0.05) is 0 Å². The van der Waals surface area contributed by atoms with Gasteiger partial charge in [0.2, 0.25) is 11.8 Å². The van der Waals surface area contributed by atoms with Gasteiger partial charge in [0.05, 0.1) is 17.9 Å². The third kappa shape index (κ3) is 2.29. The zero-order chi connectivity index (χ0) is 14.1. The summed E-state index contributed by atoms with van der Waals surface area (Å²) in [6, 6.07) is 7.00. The molecule has 0 aliphatic carbocycles. The quantitative estimate of drug-likeness (QED) is 0.887. The minimum absolute atomic E-state index is 0.00157. The molecule has 0 saturated carbocycles. The van der Waals surface area contributed by atoms with Crippen molar-refractivity contribution in [1.82, 2.24) is 4.90 Å². The molecule has 5 heteroatoms. The van der Waals surface area contributed by atoms with Gasteiger partial charge in [0.25, 0.3) is 0 Å². The standard InChI is InChI=1S/C15H19N3O2/c1-11-15(20)16-12-6-2-3-7-13(12)18(11)14(19)10-17-8-4-5-9-17/h2-3,6-7,11H,4-5,8-10H2,1H3,(H,16,20)/t11-/m1/s1. The summed E-state index contributed by atoms with van der Waals surface area (Å²) in [5, 5.41) is 2.84. The molecule has 0 spiro atoms. The Morgan fingerprint density at radius 3 is 2.75 bits per heavy atom. The monoisotopic (exact) mass is 273 g/mol. The number of hydrogen-bond acceptors (Lipinski definition) is 3. The SMILES string of the molecule is C[C@@H]1C(=O)Nc2ccccc2N1C(=O)CN1CCCC1. The predicted octanol–water partition coefficient (Wildman–Crippen LogP) is 1.46. The van der Waals surface area contributed by atoms with E-state index in [1.165, 1.54) is 0 Å². The maximum Gasteiger partial charge on any atom is 0.247 e. The second-order valence-electron chi connectivity index (χ2n) is 5.43. The van der Waals surface area contributed by atoms with Crippen LogP contribution in [-0.2, 0) is 9.59 Å². The Labute approximate surface area is 118 Å². The van der Waals surface area contributed by atoms with Gasteiger partial charge in [0.15, 0.2) is 0 Å². The first-order valence-electron chi connectivity index (χ1n) is 7.11. The molecule has 2 aliphatic rings. The Hall–Kier alpha value is -1.88. The molecule has 1 fully saturated rings. The molecule has 0 bridgehead atoms. The van der Waals surface area contributed by atoms with Gasteiger partial charge in [-0.1, -0.05) is 12.1 Å². The number of para-hydroxylation sites is 2. The van der Waals surface area contributed by atoms with Gasteiger partial charge in [-0.05, 0) is 45.0 Å². The summed E-state index contributed by atoms with van der Waals surface area (Å²) in [7, 11) is 0. The summed E-state index contributed by atoms with van der Waals surface area (Å²) in [5.41, 5.74) is 1.51. The molecule has 1 aromatic rings. The van der Waals surface area contributed by atoms with Crippen molar-refractivity contribution >= 4 is 23.2 Å². The molecule has 1 atom stereocenters. The average molecular weight is 273 g/mol. The molecule has 20 heavy (non-hydrogen) atoms. The van der Waals surface area contributed by atoms with Crippen LogP contribution in [0.3, 0.4) is 0 Å². The van der Waals surface area contributed by atoms with E-state index in [4.69, 9.17) is 0 Å². The van der Waals surface area contributed by atoms with Crippen LogP contribution in [0.15, 0.2) is 24.3 Å². The van der Waals surface area contributed by atoms with E-state index in [0.717, 1.165) is 31.6 Å². The lowest BCUT2D eigenvalue weighted by Crippen LogP contribution is -2.52. The third-order valence-electron chi connectivity index (χ3n) is 4.01. The summed E-state index contributed by atoms with van der Waals surface area (Å²) < 4.78 is 0. The summed E-state index contributed by atoms with van der Waals surface area (Å²) in [4.78, 5) is 28.4. The molecule has 0 radical (unpaired) electrons. The van der Waals surface area contributed by atoms with E-state index in [0.29, 0.717) is 12.2 Å². The molecule has 106 valence electrons. The maximum atomic E-state index is 12.6. The van der Waals surface area contributed by atoms with Crippen LogP contribution < -0.4 is 10.2 Å². The van der Waals surface area contributed by atoms with Crippen LogP contribution in [-0.4, -0.2) is 42.4 Å². The van der Waals surface area contributed by atoms with Gasteiger partial charge < -0.3 is 5.32 Å². The van der Waals surface area contributed by atoms with Crippen molar-refractivity contribution in [2.24, 2.45) is 0 Å². The minimum atomic E-state index is -0.458. The summed E-state index contributed by atoms with van der Waals surface area (Å²) >= 11 is 0. The Kier molecular flexibility index (Phi) is 3.44. The molecule has 0 unspecified atom stereocenters. The number of anilines is 2. The largest absolute Gasteiger partial charge is 0.322 e. The van der Waals surface area contributed by atoms with Crippen molar-refractivity contribution in [1.29, 1.82) is 0 Å². The number of hydrogen-bond donors (Lipinski definition) is 1. The lowest BCUT2D eigenvalue weighted by molar-refractivity contribution is -0.124. The van der Waals surface area contributed by atoms with E-state index < -0.39 is 6.04 Å². The first kappa shape index (κ1) is 13.1. The zero-order valence-electron chi connectivity index (χ0n) is 11.6. The van der Waals surface area contributed by atoms with Gasteiger partial charge in [-0.15, -0.1) is 0 Å². The highest BCUT2D eigenvalue weighted by molar-refractivity contribution is 6.12. The Morgan fingerprint density at radius 2 is 2.00 bits per heavy atom. The van der Waals surface area contributed by atoms with Gasteiger partial charge in [-0.25, -0.2) is 0 Å². The van der Waals surface area contributed by atoms with Crippen molar-refractivity contribution < 1.29 is 9.59 Å². The Morgan fingerprint density at radius 1 is 1.30 bits per heavy atom. The highest BCUT2D eigenvalue weighted by Crippen LogP contribution is 2.31. The van der Waals surface area contributed by atoms with Crippen LogP contribution in [0.4, 0.5) is 11.4 Å². The van der Waals surface area contributed by atoms with Gasteiger partial charge in [0.1, 0.15) is 6.04 Å². The topological polar surface area (TPSA) is 52.7 Å². The van der Waals surface area contributed by atoms with Crippen LogP contribution >= 0.6 is 0 Å². The molecule has 2 aliphatic heterocycles. The number of fused-ring (bicyclic) bond motifs is 1. The van der Waals surface area contributed by atoms with Crippen LogP contribution in [0.25, 0.3) is 0 Å². The molecule has 0 aromatic heterocycles. The predicted molar refractivity (Wildman–Crippen MR) is 77.7 cm³/mol. The van der Waals surface area contributed by atoms with Gasteiger partial charge in [-0.3, -0.25) is 19.4 Å². The summed E-state index contributed by atoms with van der Waals surface area (Å²) in [6.07, 6.45) is 2.31. The third-order valence-corrected chi connectivity index (χ3v) is 4.01. The fourth-order valence-corrected chi connectivity index (χ4v) is 2.91. The first-order valence-corrected chi connectivity index (χ1v) is 7.11. The molecule has 2 amide bonds. The van der Waals surface area contributed by atoms with E-state index >= 15 is 0 Å². The molecule has 3 rings (SSSR count). The Balaban J connectivity index is 1.86. The van der Waals surface area contributed by atoms with Crippen LogP contribution in [0, 0.1) is 0 Å². The number of nitrogens with one attached hydrogen (secondary N) is 1. The maximum absolute atomic E-state index is 12.6. The van der Waals surface area contributed by atoms with Crippen molar-refractivity contribution in [2.75, 3.05) is 29.9 Å². The molecule has 1 saturated heterocycles. The minimum Gasteiger partial charge on any atom is -0.322 e. The molecule has 1 aromatic carbocycles. The van der Waals surface area contributed by atoms with Crippen LogP contribution in [0.2, 0.25) is 0 Å². The van der Waals surface area contributed by atoms with Gasteiger partial charge >= 0.3 is 0 Å². The lowest BCUT2D eigenvalue weighted by atomic mass is 10.1. The normalized spacial score (nSPS) is 22.6. The lowest BCUT2D eigenvalue weighted by Gasteiger charge is -2.35. The first-order chi connectivity index (χ1) is 9.66. The fraction of sp³-hybridized carbons (Fsp3) is 0.467. The molecule has 2 heterocycles. The van der Waals surface area contributed by atoms with E-state index in [9.17, 15) is 9.59 Å². The van der Waals surface area contributed by atoms with E-state index in [2.05, 4.69) is 10.2 Å². The molecular weight excluding hydrogens is 254 g/mol. The zero-order valence-corrected chi connectivity index (χ0v) is 11.6. The van der Waals surface area contributed by atoms with Crippen LogP contribution in [0.1, 0.15) is 19.8 Å². The highest BCUT2D eigenvalue weighted by atomic mass is 16.2. The van der Waals surface area contributed by atoms with Crippen molar-refractivity contribution in [2.45, 2.75) is 25.8 Å². The Bertz CT molecular complexity index is 538. The number of carbonyl (C=O) groups is 2. The number of rotatable bonds is 2. The highest BCUT2D eigenvalue weighted by Gasteiger charge is 2.34. The van der Waals surface area contributed by atoms with Crippen LogP contribution in [0.5, 0.6) is 0 Å². The average Bonchev–Trinajstić information content (AvgIpc) is 2.93. The second-order valence-corrected chi connectivity index (χ2v) is 5.43. The smallest absolute Gasteiger partial charge is 0.247 e. The van der Waals surface area contributed by atoms with Crippen molar-refractivity contribution in [3.63, 3.8) is 0 Å². The van der Waals surface area contributed by atoms with E-state index in [1.807, 2.05) is 24.3 Å².